The number of allylic oxidation sites excluding steroid dienone is 12. The molecule has 0 aliphatic heterocycles. The lowest BCUT2D eigenvalue weighted by Gasteiger charge is -2.48. The second-order valence-electron chi connectivity index (χ2n) is 8.89. The molecule has 0 saturated carbocycles. The highest BCUT2D eigenvalue weighted by Crippen LogP contribution is 2.55. The van der Waals surface area contributed by atoms with E-state index in [0.717, 1.165) is 42.4 Å². The minimum atomic E-state index is -0.197. The summed E-state index contributed by atoms with van der Waals surface area (Å²) in [4.78, 5) is 0. The van der Waals surface area contributed by atoms with Gasteiger partial charge >= 0.3 is 0 Å². The zero-order valence-corrected chi connectivity index (χ0v) is 19.4. The number of halogens is 1. The first kappa shape index (κ1) is 24.4. The molecule has 0 aromatic heterocycles. The fraction of sp³-hybridized carbons (Fsp3) is 0.556. The third kappa shape index (κ3) is 5.69. The molecule has 156 valence electrons. The van der Waals surface area contributed by atoms with Crippen molar-refractivity contribution in [1.82, 2.24) is 0 Å². The molecule has 0 spiro atoms. The van der Waals surface area contributed by atoms with Crippen LogP contribution in [-0.4, -0.2) is 0 Å². The van der Waals surface area contributed by atoms with Crippen LogP contribution in [0.4, 0.5) is 4.39 Å². The van der Waals surface area contributed by atoms with E-state index in [9.17, 15) is 0 Å². The maximum absolute atomic E-state index is 15.3. The van der Waals surface area contributed by atoms with Gasteiger partial charge in [-0.15, -0.1) is 0 Å². The quantitative estimate of drug-likeness (QED) is 0.275. The van der Waals surface area contributed by atoms with Crippen LogP contribution in [0.2, 0.25) is 0 Å². The van der Waals surface area contributed by atoms with E-state index in [0.29, 0.717) is 0 Å². The van der Waals surface area contributed by atoms with E-state index in [-0.39, 0.29) is 22.6 Å². The molecule has 0 nitrogen and oxygen atoms in total. The van der Waals surface area contributed by atoms with Gasteiger partial charge in [0.15, 0.2) is 0 Å². The van der Waals surface area contributed by atoms with Gasteiger partial charge in [-0.05, 0) is 62.7 Å². The Kier molecular flexibility index (Phi) is 9.40. The molecular formula is C27H41F. The second kappa shape index (κ2) is 10.8. The summed E-state index contributed by atoms with van der Waals surface area (Å²) >= 11 is 0. The first-order valence-corrected chi connectivity index (χ1v) is 10.9. The van der Waals surface area contributed by atoms with Gasteiger partial charge in [0.05, 0.1) is 0 Å². The van der Waals surface area contributed by atoms with E-state index in [4.69, 9.17) is 0 Å². The third-order valence-electron chi connectivity index (χ3n) is 6.26. The van der Waals surface area contributed by atoms with E-state index in [2.05, 4.69) is 97.9 Å². The molecule has 28 heavy (non-hydrogen) atoms. The van der Waals surface area contributed by atoms with E-state index in [1.165, 1.54) is 0 Å². The Labute approximate surface area is 173 Å². The van der Waals surface area contributed by atoms with Gasteiger partial charge < -0.3 is 0 Å². The zero-order chi connectivity index (χ0) is 21.4. The Morgan fingerprint density at radius 3 is 2.43 bits per heavy atom. The molecule has 0 heterocycles. The topological polar surface area (TPSA) is 0 Å². The number of hydrogen-bond acceptors (Lipinski definition) is 0. The van der Waals surface area contributed by atoms with E-state index in [1.807, 2.05) is 0 Å². The fourth-order valence-electron chi connectivity index (χ4n) is 4.20. The lowest BCUT2D eigenvalue weighted by atomic mass is 9.55. The van der Waals surface area contributed by atoms with Gasteiger partial charge in [0, 0.05) is 11.3 Å². The average molecular weight is 385 g/mol. The van der Waals surface area contributed by atoms with Gasteiger partial charge in [-0.3, -0.25) is 0 Å². The Morgan fingerprint density at radius 2 is 1.86 bits per heavy atom. The summed E-state index contributed by atoms with van der Waals surface area (Å²) in [5.41, 5.74) is 2.72. The van der Waals surface area contributed by atoms with Crippen molar-refractivity contribution in [2.75, 3.05) is 0 Å². The summed E-state index contributed by atoms with van der Waals surface area (Å²) in [5, 5.41) is 0. The molecule has 0 aromatic rings. The van der Waals surface area contributed by atoms with Crippen LogP contribution in [0.15, 0.2) is 71.2 Å². The molecule has 0 N–H and O–H groups in total. The minimum absolute atomic E-state index is 0.0719. The van der Waals surface area contributed by atoms with Crippen molar-refractivity contribution in [2.45, 2.75) is 81.1 Å². The van der Waals surface area contributed by atoms with Crippen molar-refractivity contribution in [3.63, 3.8) is 0 Å². The molecule has 0 radical (unpaired) electrons. The van der Waals surface area contributed by atoms with Gasteiger partial charge in [-0.1, -0.05) is 89.1 Å². The number of rotatable bonds is 9. The third-order valence-corrected chi connectivity index (χ3v) is 6.26. The Balaban J connectivity index is 3.54. The fourth-order valence-corrected chi connectivity index (χ4v) is 4.20. The first-order chi connectivity index (χ1) is 13.1. The largest absolute Gasteiger partial charge is 0.207 e. The molecule has 0 saturated heterocycles. The first-order valence-electron chi connectivity index (χ1n) is 10.9. The average Bonchev–Trinajstić information content (AvgIpc) is 2.62. The molecule has 1 aliphatic rings. The highest BCUT2D eigenvalue weighted by Gasteiger charge is 2.46. The molecule has 1 aliphatic carbocycles. The molecule has 0 amide bonds. The van der Waals surface area contributed by atoms with E-state index >= 15 is 4.39 Å². The van der Waals surface area contributed by atoms with Crippen LogP contribution in [0.3, 0.4) is 0 Å². The smallest absolute Gasteiger partial charge is 0.126 e. The number of hydrogen-bond donors (Lipinski definition) is 0. The Bertz CT molecular complexity index is 694. The minimum Gasteiger partial charge on any atom is -0.207 e. The van der Waals surface area contributed by atoms with Crippen molar-refractivity contribution < 1.29 is 4.39 Å². The summed E-state index contributed by atoms with van der Waals surface area (Å²) in [7, 11) is 0. The highest BCUT2D eigenvalue weighted by atomic mass is 19.1. The number of unbranched alkanes of at least 4 members (excludes halogenated alkanes) is 1. The van der Waals surface area contributed by atoms with Gasteiger partial charge in [-0.2, -0.15) is 0 Å². The predicted octanol–water partition coefficient (Wildman–Crippen LogP) is 9.05. The maximum Gasteiger partial charge on any atom is 0.126 e. The summed E-state index contributed by atoms with van der Waals surface area (Å²) in [6, 6.07) is 0. The van der Waals surface area contributed by atoms with Crippen molar-refractivity contribution in [3.8, 4) is 0 Å². The van der Waals surface area contributed by atoms with Crippen LogP contribution < -0.4 is 0 Å². The van der Waals surface area contributed by atoms with Crippen LogP contribution in [0.5, 0.6) is 0 Å². The van der Waals surface area contributed by atoms with Crippen molar-refractivity contribution in [3.05, 3.63) is 71.2 Å². The van der Waals surface area contributed by atoms with Crippen LogP contribution in [0.25, 0.3) is 0 Å². The van der Waals surface area contributed by atoms with E-state index < -0.39 is 0 Å². The lowest BCUT2D eigenvalue weighted by molar-refractivity contribution is 0.133. The Morgan fingerprint density at radius 1 is 1.18 bits per heavy atom. The standard InChI is InChI=1S/C27H41F/c1-9-12-14-15-16-22(5)25-23(19-21(4)20-24(25)28)27(8,17-11-3)26(6,7)18-13-10-2/h11,13-18,20,23H,9-10,12,19H2,1-8H3/b15-14-,17-11?,18-13?,22-16+. The normalized spacial score (nSPS) is 21.8. The van der Waals surface area contributed by atoms with Gasteiger partial charge in [0.2, 0.25) is 0 Å². The van der Waals surface area contributed by atoms with Crippen LogP contribution >= 0.6 is 0 Å². The zero-order valence-electron chi connectivity index (χ0n) is 19.4. The summed E-state index contributed by atoms with van der Waals surface area (Å²) in [5.74, 6) is 0.0263. The molecule has 1 rings (SSSR count). The highest BCUT2D eigenvalue weighted by molar-refractivity contribution is 5.46. The molecular weight excluding hydrogens is 343 g/mol. The summed E-state index contributed by atoms with van der Waals surface area (Å²) in [6.45, 7) is 17.4. The molecule has 2 unspecified atom stereocenters. The van der Waals surface area contributed by atoms with Crippen LogP contribution in [-0.2, 0) is 0 Å². The van der Waals surface area contributed by atoms with Crippen molar-refractivity contribution in [1.29, 1.82) is 0 Å². The molecule has 1 heteroatoms. The predicted molar refractivity (Wildman–Crippen MR) is 124 cm³/mol. The van der Waals surface area contributed by atoms with Gasteiger partial charge in [-0.25, -0.2) is 4.39 Å². The summed E-state index contributed by atoms with van der Waals surface area (Å²) in [6.07, 6.45) is 21.1. The molecule has 0 bridgehead atoms. The lowest BCUT2D eigenvalue weighted by Crippen LogP contribution is -2.41. The van der Waals surface area contributed by atoms with Gasteiger partial charge in [0.25, 0.3) is 0 Å². The summed E-state index contributed by atoms with van der Waals surface area (Å²) < 4.78 is 15.3. The molecule has 2 atom stereocenters. The van der Waals surface area contributed by atoms with Crippen LogP contribution in [0.1, 0.15) is 81.1 Å². The van der Waals surface area contributed by atoms with Crippen molar-refractivity contribution >= 4 is 0 Å². The maximum atomic E-state index is 15.3. The van der Waals surface area contributed by atoms with E-state index in [1.54, 1.807) is 6.08 Å². The second-order valence-corrected chi connectivity index (χ2v) is 8.89. The van der Waals surface area contributed by atoms with Crippen LogP contribution in [0, 0.1) is 16.7 Å². The molecule has 0 fully saturated rings. The SMILES string of the molecule is CC=CC(C)(C1CC(C)=CC(F)=C1/C(C)=C/C=C\CCC)C(C)(C)C=CCC. The monoisotopic (exact) mass is 384 g/mol. The Hall–Kier alpha value is -1.63. The van der Waals surface area contributed by atoms with Crippen molar-refractivity contribution in [2.24, 2.45) is 16.7 Å². The van der Waals surface area contributed by atoms with Gasteiger partial charge in [0.1, 0.15) is 5.83 Å². The molecule has 0 aromatic carbocycles.